The molecule has 0 bridgehead atoms. The van der Waals surface area contributed by atoms with Crippen molar-refractivity contribution in [3.63, 3.8) is 0 Å². The first-order chi connectivity index (χ1) is 10.8. The number of rotatable bonds is 5. The Kier molecular flexibility index (Phi) is 3.86. The molecule has 7 nitrogen and oxygen atoms in total. The molecule has 2 heterocycles. The van der Waals surface area contributed by atoms with E-state index in [4.69, 9.17) is 4.74 Å². The number of amides is 1. The molecular formula is C15H15N5O2. The molecule has 22 heavy (non-hydrogen) atoms. The van der Waals surface area contributed by atoms with Crippen LogP contribution in [0.3, 0.4) is 0 Å². The van der Waals surface area contributed by atoms with Crippen molar-refractivity contribution in [1.29, 1.82) is 0 Å². The zero-order chi connectivity index (χ0) is 15.4. The number of H-pyrrole nitrogens is 2. The second-order valence-electron chi connectivity index (χ2n) is 4.62. The van der Waals surface area contributed by atoms with Gasteiger partial charge in [-0.15, -0.1) is 0 Å². The highest BCUT2D eigenvalue weighted by Gasteiger charge is 2.11. The number of methoxy groups -OCH3 is 1. The number of benzene rings is 1. The molecule has 112 valence electrons. The van der Waals surface area contributed by atoms with Crippen molar-refractivity contribution >= 4 is 5.91 Å². The molecule has 7 heteroatoms. The average Bonchev–Trinajstić information content (AvgIpc) is 3.24. The van der Waals surface area contributed by atoms with E-state index in [9.17, 15) is 4.79 Å². The van der Waals surface area contributed by atoms with Crippen LogP contribution in [-0.2, 0) is 6.54 Å². The minimum absolute atomic E-state index is 0.258. The van der Waals surface area contributed by atoms with Crippen LogP contribution in [0.25, 0.3) is 11.3 Å². The third-order valence-electron chi connectivity index (χ3n) is 3.25. The van der Waals surface area contributed by atoms with Gasteiger partial charge >= 0.3 is 0 Å². The maximum atomic E-state index is 11.9. The lowest BCUT2D eigenvalue weighted by molar-refractivity contribution is 0.0941. The summed E-state index contributed by atoms with van der Waals surface area (Å²) in [7, 11) is 1.63. The average molecular weight is 297 g/mol. The first-order valence-electron chi connectivity index (χ1n) is 6.72. The van der Waals surface area contributed by atoms with Gasteiger partial charge in [0.25, 0.3) is 5.91 Å². The zero-order valence-electron chi connectivity index (χ0n) is 12.0. The van der Waals surface area contributed by atoms with Crippen LogP contribution >= 0.6 is 0 Å². The Bertz CT molecular complexity index is 747. The van der Waals surface area contributed by atoms with Crippen molar-refractivity contribution < 1.29 is 9.53 Å². The number of imidazole rings is 1. The number of carbonyl (C=O) groups is 1. The number of nitrogens with one attached hydrogen (secondary N) is 3. The normalized spacial score (nSPS) is 10.4. The maximum Gasteiger partial charge on any atom is 0.287 e. The number of carbonyl (C=O) groups excluding carboxylic acids is 1. The van der Waals surface area contributed by atoms with Gasteiger partial charge in [0.05, 0.1) is 19.0 Å². The molecule has 0 radical (unpaired) electrons. The van der Waals surface area contributed by atoms with Crippen LogP contribution < -0.4 is 10.1 Å². The first-order valence-corrected chi connectivity index (χ1v) is 6.72. The van der Waals surface area contributed by atoms with Gasteiger partial charge in [0.15, 0.2) is 5.82 Å². The van der Waals surface area contributed by atoms with E-state index in [2.05, 4.69) is 25.5 Å². The van der Waals surface area contributed by atoms with Crippen LogP contribution in [0.5, 0.6) is 5.75 Å². The molecule has 0 unspecified atom stereocenters. The summed E-state index contributed by atoms with van der Waals surface area (Å²) in [5, 5.41) is 9.81. The summed E-state index contributed by atoms with van der Waals surface area (Å²) >= 11 is 0. The molecule has 2 aromatic heterocycles. The molecule has 0 saturated carbocycles. The fourth-order valence-corrected chi connectivity index (χ4v) is 2.10. The van der Waals surface area contributed by atoms with Gasteiger partial charge in [0, 0.05) is 30.1 Å². The van der Waals surface area contributed by atoms with E-state index in [0.29, 0.717) is 6.54 Å². The fraction of sp³-hybridized carbons (Fsp3) is 0.133. The predicted octanol–water partition coefficient (Wildman–Crippen LogP) is 1.74. The topological polar surface area (TPSA) is 95.7 Å². The van der Waals surface area contributed by atoms with E-state index in [1.165, 1.54) is 6.20 Å². The Morgan fingerprint density at radius 2 is 2.14 bits per heavy atom. The van der Waals surface area contributed by atoms with Crippen molar-refractivity contribution in [3.8, 4) is 17.0 Å². The van der Waals surface area contributed by atoms with Crippen LogP contribution in [0.1, 0.15) is 16.2 Å². The second kappa shape index (κ2) is 6.13. The summed E-state index contributed by atoms with van der Waals surface area (Å²) in [5.74, 6) is 0.817. The van der Waals surface area contributed by atoms with Crippen LogP contribution in [0, 0.1) is 0 Å². The molecule has 0 saturated heterocycles. The van der Waals surface area contributed by atoms with E-state index in [-0.39, 0.29) is 11.7 Å². The van der Waals surface area contributed by atoms with Gasteiger partial charge in [0.2, 0.25) is 0 Å². The molecule has 0 aliphatic heterocycles. The van der Waals surface area contributed by atoms with Gasteiger partial charge < -0.3 is 15.0 Å². The van der Waals surface area contributed by atoms with Gasteiger partial charge in [0.1, 0.15) is 5.75 Å². The second-order valence-corrected chi connectivity index (χ2v) is 4.62. The van der Waals surface area contributed by atoms with Gasteiger partial charge in [-0.25, -0.2) is 4.98 Å². The van der Waals surface area contributed by atoms with Crippen LogP contribution in [0.15, 0.2) is 42.9 Å². The number of hydrogen-bond acceptors (Lipinski definition) is 4. The van der Waals surface area contributed by atoms with Crippen molar-refractivity contribution in [2.45, 2.75) is 6.54 Å². The molecule has 3 N–H and O–H groups in total. The minimum atomic E-state index is -0.258. The third-order valence-corrected chi connectivity index (χ3v) is 3.25. The fourth-order valence-electron chi connectivity index (χ4n) is 2.10. The molecule has 0 spiro atoms. The van der Waals surface area contributed by atoms with Crippen LogP contribution in [0.2, 0.25) is 0 Å². The highest BCUT2D eigenvalue weighted by molar-refractivity contribution is 5.90. The van der Waals surface area contributed by atoms with Crippen molar-refractivity contribution in [1.82, 2.24) is 25.5 Å². The molecule has 0 atom stereocenters. The lowest BCUT2D eigenvalue weighted by Gasteiger charge is -2.06. The Labute approximate surface area is 126 Å². The van der Waals surface area contributed by atoms with E-state index in [1.807, 2.05) is 24.3 Å². The number of ether oxygens (including phenoxy) is 1. The lowest BCUT2D eigenvalue weighted by Crippen LogP contribution is -2.24. The Morgan fingerprint density at radius 1 is 1.32 bits per heavy atom. The van der Waals surface area contributed by atoms with Crippen LogP contribution in [0.4, 0.5) is 0 Å². The standard InChI is InChI=1S/C15H15N5O2/c1-22-12-4-2-10(3-5-12)13-11(9-19-20-13)8-18-15(21)14-16-6-7-17-14/h2-7,9H,8H2,1H3,(H,16,17)(H,18,21)(H,19,20). The Morgan fingerprint density at radius 3 is 2.82 bits per heavy atom. The molecule has 3 rings (SSSR count). The summed E-state index contributed by atoms with van der Waals surface area (Å²) in [5.41, 5.74) is 2.73. The summed E-state index contributed by atoms with van der Waals surface area (Å²) in [4.78, 5) is 18.6. The Balaban J connectivity index is 1.73. The summed E-state index contributed by atoms with van der Waals surface area (Å²) in [6.07, 6.45) is 4.84. The molecule has 1 amide bonds. The van der Waals surface area contributed by atoms with Crippen molar-refractivity contribution in [3.05, 3.63) is 54.2 Å². The number of nitrogens with zero attached hydrogens (tertiary/aromatic N) is 2. The predicted molar refractivity (Wildman–Crippen MR) is 80.3 cm³/mol. The molecule has 1 aromatic carbocycles. The quantitative estimate of drug-likeness (QED) is 0.668. The molecular weight excluding hydrogens is 282 g/mol. The highest BCUT2D eigenvalue weighted by atomic mass is 16.5. The van der Waals surface area contributed by atoms with Gasteiger partial charge in [-0.05, 0) is 24.3 Å². The first kappa shape index (κ1) is 13.9. The molecule has 3 aromatic rings. The largest absolute Gasteiger partial charge is 0.497 e. The smallest absolute Gasteiger partial charge is 0.287 e. The minimum Gasteiger partial charge on any atom is -0.497 e. The maximum absolute atomic E-state index is 11.9. The van der Waals surface area contributed by atoms with Gasteiger partial charge in [-0.2, -0.15) is 5.10 Å². The summed E-state index contributed by atoms with van der Waals surface area (Å²) in [6.45, 7) is 0.359. The van der Waals surface area contributed by atoms with E-state index in [1.54, 1.807) is 19.5 Å². The summed E-state index contributed by atoms with van der Waals surface area (Å²) < 4.78 is 5.14. The summed E-state index contributed by atoms with van der Waals surface area (Å²) in [6, 6.07) is 7.62. The van der Waals surface area contributed by atoms with E-state index in [0.717, 1.165) is 22.6 Å². The molecule has 0 aliphatic carbocycles. The molecule has 0 fully saturated rings. The van der Waals surface area contributed by atoms with Gasteiger partial charge in [-0.3, -0.25) is 9.89 Å². The van der Waals surface area contributed by atoms with Crippen molar-refractivity contribution in [2.24, 2.45) is 0 Å². The highest BCUT2D eigenvalue weighted by Crippen LogP contribution is 2.23. The van der Waals surface area contributed by atoms with E-state index >= 15 is 0 Å². The SMILES string of the molecule is COc1ccc(-c2[nH]ncc2CNC(=O)c2ncc[nH]2)cc1. The van der Waals surface area contributed by atoms with Crippen molar-refractivity contribution in [2.75, 3.05) is 7.11 Å². The molecule has 0 aliphatic rings. The number of aromatic nitrogens is 4. The third kappa shape index (κ3) is 2.83. The number of aromatic amines is 2. The lowest BCUT2D eigenvalue weighted by atomic mass is 10.1. The monoisotopic (exact) mass is 297 g/mol. The van der Waals surface area contributed by atoms with E-state index < -0.39 is 0 Å². The number of hydrogen-bond donors (Lipinski definition) is 3. The van der Waals surface area contributed by atoms with Crippen LogP contribution in [-0.4, -0.2) is 33.2 Å². The Hall–Kier alpha value is -3.09. The zero-order valence-corrected chi connectivity index (χ0v) is 12.0. The van der Waals surface area contributed by atoms with Gasteiger partial charge in [-0.1, -0.05) is 0 Å².